The first-order valence-electron chi connectivity index (χ1n) is 8.11. The van der Waals surface area contributed by atoms with Crippen molar-refractivity contribution in [3.8, 4) is 0 Å². The standard InChI is InChI=1S/C20H28N2O/c1-6-7-11-19(21-4)12-13-22(5)20(23)18-10-8-9-17(15-18)14-16(2)3/h6-11,15-16H,4,12-14H2,1-3,5H3/b7-6-,19-11-. The SMILES string of the molecule is C=N/C(=C\C=C/C)CCN(C)C(=O)c1cccc(CC(C)C)c1. The Bertz CT molecular complexity index is 585. The summed E-state index contributed by atoms with van der Waals surface area (Å²) in [5, 5.41) is 0. The van der Waals surface area contributed by atoms with E-state index in [4.69, 9.17) is 0 Å². The minimum atomic E-state index is 0.0463. The number of carbonyl (C=O) groups excluding carboxylic acids is 1. The molecule has 124 valence electrons. The molecule has 0 aliphatic rings. The lowest BCUT2D eigenvalue weighted by Gasteiger charge is -2.18. The summed E-state index contributed by atoms with van der Waals surface area (Å²) in [6.45, 7) is 10.5. The van der Waals surface area contributed by atoms with E-state index in [9.17, 15) is 4.79 Å². The first-order valence-corrected chi connectivity index (χ1v) is 8.11. The van der Waals surface area contributed by atoms with E-state index in [1.54, 1.807) is 4.90 Å². The van der Waals surface area contributed by atoms with Crippen LogP contribution in [0.25, 0.3) is 0 Å². The molecule has 0 unspecified atom stereocenters. The van der Waals surface area contributed by atoms with Crippen molar-refractivity contribution < 1.29 is 4.79 Å². The fourth-order valence-corrected chi connectivity index (χ4v) is 2.33. The van der Waals surface area contributed by atoms with Gasteiger partial charge >= 0.3 is 0 Å². The summed E-state index contributed by atoms with van der Waals surface area (Å²) in [6.07, 6.45) is 7.49. The number of rotatable bonds is 8. The maximum absolute atomic E-state index is 12.5. The Balaban J connectivity index is 2.71. The van der Waals surface area contributed by atoms with Gasteiger partial charge in [-0.05, 0) is 49.8 Å². The van der Waals surface area contributed by atoms with E-state index in [1.807, 2.05) is 50.4 Å². The number of aliphatic imine (C=N–C) groups is 1. The largest absolute Gasteiger partial charge is 0.341 e. The summed E-state index contributed by atoms with van der Waals surface area (Å²) in [5.74, 6) is 0.626. The van der Waals surface area contributed by atoms with Crippen molar-refractivity contribution in [1.82, 2.24) is 4.90 Å². The minimum Gasteiger partial charge on any atom is -0.341 e. The first kappa shape index (κ1) is 18.9. The third-order valence-corrected chi connectivity index (χ3v) is 3.55. The maximum atomic E-state index is 12.5. The van der Waals surface area contributed by atoms with E-state index < -0.39 is 0 Å². The van der Waals surface area contributed by atoms with Crippen LogP contribution >= 0.6 is 0 Å². The van der Waals surface area contributed by atoms with Crippen molar-refractivity contribution in [3.05, 3.63) is 59.3 Å². The lowest BCUT2D eigenvalue weighted by atomic mass is 10.0. The number of carbonyl (C=O) groups is 1. The van der Waals surface area contributed by atoms with Crippen molar-refractivity contribution in [2.24, 2.45) is 10.9 Å². The molecule has 0 aliphatic heterocycles. The van der Waals surface area contributed by atoms with Crippen LogP contribution in [0.5, 0.6) is 0 Å². The quantitative estimate of drug-likeness (QED) is 0.513. The Morgan fingerprint density at radius 2 is 2.13 bits per heavy atom. The van der Waals surface area contributed by atoms with E-state index >= 15 is 0 Å². The van der Waals surface area contributed by atoms with Gasteiger partial charge in [0.15, 0.2) is 0 Å². The molecule has 0 radical (unpaired) electrons. The average molecular weight is 312 g/mol. The number of hydrogen-bond donors (Lipinski definition) is 0. The van der Waals surface area contributed by atoms with E-state index in [1.165, 1.54) is 5.56 Å². The van der Waals surface area contributed by atoms with Gasteiger partial charge in [0.05, 0.1) is 0 Å². The van der Waals surface area contributed by atoms with Crippen LogP contribution in [0.15, 0.2) is 53.2 Å². The highest BCUT2D eigenvalue weighted by molar-refractivity contribution is 5.94. The van der Waals surface area contributed by atoms with Crippen molar-refractivity contribution in [1.29, 1.82) is 0 Å². The Morgan fingerprint density at radius 3 is 2.74 bits per heavy atom. The van der Waals surface area contributed by atoms with Gasteiger partial charge < -0.3 is 4.90 Å². The van der Waals surface area contributed by atoms with Gasteiger partial charge in [-0.25, -0.2) is 0 Å². The van der Waals surface area contributed by atoms with Crippen molar-refractivity contribution in [3.63, 3.8) is 0 Å². The third kappa shape index (κ3) is 6.64. The molecule has 0 saturated carbocycles. The van der Waals surface area contributed by atoms with Gasteiger partial charge in [0.25, 0.3) is 5.91 Å². The topological polar surface area (TPSA) is 32.7 Å². The molecule has 3 nitrogen and oxygen atoms in total. The summed E-state index contributed by atoms with van der Waals surface area (Å²) in [4.78, 5) is 18.3. The highest BCUT2D eigenvalue weighted by Crippen LogP contribution is 2.13. The Hall–Kier alpha value is -2.16. The number of allylic oxidation sites excluding steroid dienone is 3. The number of nitrogens with zero attached hydrogens (tertiary/aromatic N) is 2. The molecule has 1 aromatic rings. The van der Waals surface area contributed by atoms with E-state index in [-0.39, 0.29) is 5.91 Å². The number of amides is 1. The second-order valence-electron chi connectivity index (χ2n) is 6.12. The highest BCUT2D eigenvalue weighted by atomic mass is 16.2. The third-order valence-electron chi connectivity index (χ3n) is 3.55. The summed E-state index contributed by atoms with van der Waals surface area (Å²) in [5.41, 5.74) is 2.84. The van der Waals surface area contributed by atoms with Crippen LogP contribution in [0.2, 0.25) is 0 Å². The summed E-state index contributed by atoms with van der Waals surface area (Å²) in [7, 11) is 1.83. The molecule has 1 rings (SSSR count). The fourth-order valence-electron chi connectivity index (χ4n) is 2.33. The predicted molar refractivity (Wildman–Crippen MR) is 99.0 cm³/mol. The van der Waals surface area contributed by atoms with Crippen molar-refractivity contribution in [2.75, 3.05) is 13.6 Å². The molecule has 0 spiro atoms. The zero-order chi connectivity index (χ0) is 17.2. The van der Waals surface area contributed by atoms with Crippen molar-refractivity contribution >= 4 is 12.6 Å². The van der Waals surface area contributed by atoms with Crippen molar-refractivity contribution in [2.45, 2.75) is 33.6 Å². The lowest BCUT2D eigenvalue weighted by Crippen LogP contribution is -2.28. The monoisotopic (exact) mass is 312 g/mol. The number of hydrogen-bond acceptors (Lipinski definition) is 2. The van der Waals surface area contributed by atoms with Crippen LogP contribution in [-0.4, -0.2) is 31.1 Å². The molecule has 0 aromatic heterocycles. The zero-order valence-electron chi connectivity index (χ0n) is 14.7. The maximum Gasteiger partial charge on any atom is 0.253 e. The molecule has 0 heterocycles. The molecule has 1 aromatic carbocycles. The van der Waals surface area contributed by atoms with Gasteiger partial charge in [0.2, 0.25) is 0 Å². The van der Waals surface area contributed by atoms with E-state index in [0.29, 0.717) is 18.9 Å². The molecule has 0 fully saturated rings. The second kappa shape index (κ2) is 9.78. The Kier molecular flexibility index (Phi) is 8.03. The molecule has 3 heteroatoms. The van der Waals surface area contributed by atoms with E-state index in [2.05, 4.69) is 31.6 Å². The zero-order valence-corrected chi connectivity index (χ0v) is 14.7. The van der Waals surface area contributed by atoms with Gasteiger partial charge in [-0.15, -0.1) is 0 Å². The van der Waals surface area contributed by atoms with Gasteiger partial charge in [-0.1, -0.05) is 38.1 Å². The summed E-state index contributed by atoms with van der Waals surface area (Å²) < 4.78 is 0. The molecular formula is C20H28N2O. The summed E-state index contributed by atoms with van der Waals surface area (Å²) >= 11 is 0. The first-order chi connectivity index (χ1) is 11.0. The van der Waals surface area contributed by atoms with E-state index in [0.717, 1.165) is 17.7 Å². The van der Waals surface area contributed by atoms with Crippen LogP contribution in [0.3, 0.4) is 0 Å². The normalized spacial score (nSPS) is 12.0. The molecule has 1 amide bonds. The van der Waals surface area contributed by atoms with Crippen LogP contribution < -0.4 is 0 Å². The average Bonchev–Trinajstić information content (AvgIpc) is 2.53. The molecule has 23 heavy (non-hydrogen) atoms. The molecule has 0 bridgehead atoms. The number of benzene rings is 1. The Labute approximate surface area is 140 Å². The lowest BCUT2D eigenvalue weighted by molar-refractivity contribution is 0.0796. The van der Waals surface area contributed by atoms with Gasteiger partial charge in [0.1, 0.15) is 0 Å². The fraction of sp³-hybridized carbons (Fsp3) is 0.400. The molecular weight excluding hydrogens is 284 g/mol. The molecule has 0 saturated heterocycles. The second-order valence-corrected chi connectivity index (χ2v) is 6.12. The molecule has 0 atom stereocenters. The van der Waals surface area contributed by atoms with Crippen LogP contribution in [0, 0.1) is 5.92 Å². The highest BCUT2D eigenvalue weighted by Gasteiger charge is 2.12. The summed E-state index contributed by atoms with van der Waals surface area (Å²) in [6, 6.07) is 7.92. The Morgan fingerprint density at radius 1 is 1.39 bits per heavy atom. The minimum absolute atomic E-state index is 0.0463. The molecule has 0 N–H and O–H groups in total. The smallest absolute Gasteiger partial charge is 0.253 e. The molecule has 0 aliphatic carbocycles. The van der Waals surface area contributed by atoms with Gasteiger partial charge in [-0.2, -0.15) is 0 Å². The van der Waals surface area contributed by atoms with Gasteiger partial charge in [0, 0.05) is 31.3 Å². The van der Waals surface area contributed by atoms with Crippen LogP contribution in [0.1, 0.15) is 43.1 Å². The van der Waals surface area contributed by atoms with Crippen LogP contribution in [-0.2, 0) is 6.42 Å². The van der Waals surface area contributed by atoms with Crippen LogP contribution in [0.4, 0.5) is 0 Å². The predicted octanol–water partition coefficient (Wildman–Crippen LogP) is 4.51. The van der Waals surface area contributed by atoms with Gasteiger partial charge in [-0.3, -0.25) is 9.79 Å².